The number of hydrogen-bond acceptors (Lipinski definition) is 5. The van der Waals surface area contributed by atoms with Gasteiger partial charge < -0.3 is 0 Å². The van der Waals surface area contributed by atoms with Crippen molar-refractivity contribution in [3.63, 3.8) is 0 Å². The summed E-state index contributed by atoms with van der Waals surface area (Å²) >= 11 is 3.50. The third kappa shape index (κ3) is 3.44. The van der Waals surface area contributed by atoms with Gasteiger partial charge in [-0.1, -0.05) is 28.1 Å². The van der Waals surface area contributed by atoms with Gasteiger partial charge >= 0.3 is 0 Å². The smallest absolute Gasteiger partial charge is 0.164 e. The van der Waals surface area contributed by atoms with Crippen molar-refractivity contribution in [3.8, 4) is 34.2 Å². The molecule has 0 aliphatic rings. The summed E-state index contributed by atoms with van der Waals surface area (Å²) in [6.45, 7) is 0. The van der Waals surface area contributed by atoms with Crippen LogP contribution in [0.1, 0.15) is 0 Å². The van der Waals surface area contributed by atoms with E-state index in [4.69, 9.17) is 0 Å². The van der Waals surface area contributed by atoms with E-state index >= 15 is 0 Å². The molecule has 0 spiro atoms. The Labute approximate surface area is 153 Å². The molecule has 25 heavy (non-hydrogen) atoms. The molecular weight excluding hydrogens is 378 g/mol. The maximum absolute atomic E-state index is 4.65. The van der Waals surface area contributed by atoms with Crippen LogP contribution in [0.15, 0.2) is 77.8 Å². The molecule has 0 aliphatic heterocycles. The van der Waals surface area contributed by atoms with Gasteiger partial charge in [0.25, 0.3) is 0 Å². The van der Waals surface area contributed by atoms with Gasteiger partial charge in [0.2, 0.25) is 0 Å². The lowest BCUT2D eigenvalue weighted by Gasteiger charge is -2.08. The summed E-state index contributed by atoms with van der Waals surface area (Å²) in [6, 6.07) is 15.4. The molecule has 0 atom stereocenters. The maximum atomic E-state index is 4.65. The van der Waals surface area contributed by atoms with Crippen molar-refractivity contribution in [1.82, 2.24) is 24.9 Å². The molecular formula is C19H12BrN5. The van der Waals surface area contributed by atoms with E-state index in [-0.39, 0.29) is 0 Å². The molecule has 4 aromatic rings. The molecule has 5 nitrogen and oxygen atoms in total. The molecule has 0 saturated heterocycles. The molecule has 120 valence electrons. The first-order valence-corrected chi connectivity index (χ1v) is 8.42. The van der Waals surface area contributed by atoms with Crippen LogP contribution < -0.4 is 0 Å². The molecule has 3 heterocycles. The summed E-state index contributed by atoms with van der Waals surface area (Å²) in [5.74, 6) is 1.84. The van der Waals surface area contributed by atoms with E-state index in [9.17, 15) is 0 Å². The zero-order valence-electron chi connectivity index (χ0n) is 13.0. The Kier molecular flexibility index (Phi) is 4.26. The Balaban J connectivity index is 1.92. The number of nitrogens with zero attached hydrogens (tertiary/aromatic N) is 5. The summed E-state index contributed by atoms with van der Waals surface area (Å²) in [6.07, 6.45) is 6.90. The zero-order valence-corrected chi connectivity index (χ0v) is 14.6. The number of aromatic nitrogens is 5. The molecule has 0 bridgehead atoms. The fraction of sp³-hybridized carbons (Fsp3) is 0. The average Bonchev–Trinajstić information content (AvgIpc) is 2.69. The molecule has 4 rings (SSSR count). The van der Waals surface area contributed by atoms with Gasteiger partial charge in [-0.3, -0.25) is 9.97 Å². The third-order valence-corrected chi connectivity index (χ3v) is 4.09. The van der Waals surface area contributed by atoms with Gasteiger partial charge in [-0.05, 0) is 36.4 Å². The highest BCUT2D eigenvalue weighted by Crippen LogP contribution is 2.25. The van der Waals surface area contributed by atoms with Crippen LogP contribution in [0.5, 0.6) is 0 Å². The number of rotatable bonds is 3. The van der Waals surface area contributed by atoms with E-state index in [1.807, 2.05) is 48.5 Å². The molecule has 0 N–H and O–H groups in total. The highest BCUT2D eigenvalue weighted by Gasteiger charge is 2.12. The number of pyridine rings is 2. The first-order chi connectivity index (χ1) is 12.3. The van der Waals surface area contributed by atoms with Crippen LogP contribution in [-0.2, 0) is 0 Å². The van der Waals surface area contributed by atoms with E-state index in [1.165, 1.54) is 0 Å². The van der Waals surface area contributed by atoms with Crippen LogP contribution >= 0.6 is 15.9 Å². The minimum atomic E-state index is 0.610. The minimum absolute atomic E-state index is 0.610. The fourth-order valence-electron chi connectivity index (χ4n) is 2.39. The second-order valence-electron chi connectivity index (χ2n) is 5.29. The zero-order chi connectivity index (χ0) is 17.1. The van der Waals surface area contributed by atoms with E-state index in [0.29, 0.717) is 17.5 Å². The quantitative estimate of drug-likeness (QED) is 0.518. The van der Waals surface area contributed by atoms with E-state index in [2.05, 4.69) is 40.8 Å². The Bertz CT molecular complexity index is 949. The van der Waals surface area contributed by atoms with Crippen molar-refractivity contribution in [2.75, 3.05) is 0 Å². The van der Waals surface area contributed by atoms with Gasteiger partial charge in [-0.2, -0.15) is 0 Å². The van der Waals surface area contributed by atoms with Crippen LogP contribution in [0.25, 0.3) is 34.2 Å². The lowest BCUT2D eigenvalue weighted by atomic mass is 10.2. The van der Waals surface area contributed by atoms with Crippen LogP contribution in [0.2, 0.25) is 0 Å². The van der Waals surface area contributed by atoms with E-state index in [0.717, 1.165) is 21.2 Å². The summed E-state index contributed by atoms with van der Waals surface area (Å²) in [7, 11) is 0. The lowest BCUT2D eigenvalue weighted by Crippen LogP contribution is -2.00. The molecule has 0 amide bonds. The molecule has 1 aromatic carbocycles. The first-order valence-electron chi connectivity index (χ1n) is 7.62. The molecule has 0 radical (unpaired) electrons. The van der Waals surface area contributed by atoms with E-state index < -0.39 is 0 Å². The second kappa shape index (κ2) is 6.86. The van der Waals surface area contributed by atoms with Crippen LogP contribution in [0.3, 0.4) is 0 Å². The Hall–Kier alpha value is -2.99. The van der Waals surface area contributed by atoms with Gasteiger partial charge in [-0.15, -0.1) is 0 Å². The van der Waals surface area contributed by atoms with Gasteiger partial charge in [0.1, 0.15) is 0 Å². The number of benzene rings is 1. The van der Waals surface area contributed by atoms with Gasteiger partial charge in [0.15, 0.2) is 17.5 Å². The topological polar surface area (TPSA) is 64.5 Å². The highest BCUT2D eigenvalue weighted by molar-refractivity contribution is 9.10. The summed E-state index contributed by atoms with van der Waals surface area (Å²) in [5, 5.41) is 0. The molecule has 0 unspecified atom stereocenters. The third-order valence-electron chi connectivity index (χ3n) is 3.60. The Morgan fingerprint density at radius 3 is 1.52 bits per heavy atom. The Morgan fingerprint density at radius 1 is 0.560 bits per heavy atom. The maximum Gasteiger partial charge on any atom is 0.164 e. The van der Waals surface area contributed by atoms with Crippen LogP contribution in [0.4, 0.5) is 0 Å². The Morgan fingerprint density at radius 2 is 1.04 bits per heavy atom. The van der Waals surface area contributed by atoms with Gasteiger partial charge in [0.05, 0.1) is 0 Å². The monoisotopic (exact) mass is 389 g/mol. The number of hydrogen-bond donors (Lipinski definition) is 0. The predicted octanol–water partition coefficient (Wildman–Crippen LogP) is 4.43. The normalized spacial score (nSPS) is 10.6. The fourth-order valence-corrected chi connectivity index (χ4v) is 2.79. The average molecular weight is 390 g/mol. The predicted molar refractivity (Wildman–Crippen MR) is 99.4 cm³/mol. The first kappa shape index (κ1) is 15.5. The molecule has 0 aliphatic carbocycles. The summed E-state index contributed by atoms with van der Waals surface area (Å²) in [5.41, 5.74) is 2.70. The number of halogens is 1. The van der Waals surface area contributed by atoms with Gasteiger partial charge in [-0.25, -0.2) is 15.0 Å². The van der Waals surface area contributed by atoms with Crippen LogP contribution in [0, 0.1) is 0 Å². The van der Waals surface area contributed by atoms with Crippen molar-refractivity contribution in [1.29, 1.82) is 0 Å². The van der Waals surface area contributed by atoms with Crippen molar-refractivity contribution in [2.45, 2.75) is 0 Å². The SMILES string of the molecule is Brc1cccc(-c2nc(-c3ccncc3)nc(-c3ccncc3)n2)c1. The summed E-state index contributed by atoms with van der Waals surface area (Å²) < 4.78 is 0.973. The molecule has 0 saturated carbocycles. The summed E-state index contributed by atoms with van der Waals surface area (Å²) in [4.78, 5) is 22.1. The molecule has 3 aromatic heterocycles. The van der Waals surface area contributed by atoms with Crippen molar-refractivity contribution in [2.24, 2.45) is 0 Å². The second-order valence-corrected chi connectivity index (χ2v) is 6.20. The van der Waals surface area contributed by atoms with E-state index in [1.54, 1.807) is 24.8 Å². The standard InChI is InChI=1S/C19H12BrN5/c20-16-3-1-2-15(12-16)19-24-17(13-4-8-21-9-5-13)23-18(25-19)14-6-10-22-11-7-14/h1-12H. The highest BCUT2D eigenvalue weighted by atomic mass is 79.9. The lowest BCUT2D eigenvalue weighted by molar-refractivity contribution is 1.07. The molecule has 6 heteroatoms. The minimum Gasteiger partial charge on any atom is -0.265 e. The van der Waals surface area contributed by atoms with Crippen molar-refractivity contribution < 1.29 is 0 Å². The van der Waals surface area contributed by atoms with Crippen molar-refractivity contribution >= 4 is 15.9 Å². The van der Waals surface area contributed by atoms with Gasteiger partial charge in [0, 0.05) is 46.0 Å². The van der Waals surface area contributed by atoms with Crippen molar-refractivity contribution in [3.05, 3.63) is 77.8 Å². The largest absolute Gasteiger partial charge is 0.265 e. The molecule has 0 fully saturated rings. The van der Waals surface area contributed by atoms with Crippen LogP contribution in [-0.4, -0.2) is 24.9 Å².